The number of aromatic nitrogens is 2. The van der Waals surface area contributed by atoms with E-state index >= 15 is 0 Å². The SMILES string of the molecule is COC(=O)c1ccc2c(=O)n(CC(C)C)c(SCC(=O)N(C)Cc3ccc(Cl)s3)nc2c1. The van der Waals surface area contributed by atoms with Gasteiger partial charge in [0.1, 0.15) is 0 Å². The number of fused-ring (bicyclic) bond motifs is 1. The number of rotatable bonds is 8. The molecule has 0 N–H and O–H groups in total. The zero-order valence-corrected chi connectivity index (χ0v) is 20.6. The fourth-order valence-electron chi connectivity index (χ4n) is 3.08. The fourth-order valence-corrected chi connectivity index (χ4v) is 5.17. The molecule has 3 aromatic rings. The number of benzene rings is 1. The van der Waals surface area contributed by atoms with Crippen LogP contribution >= 0.6 is 34.7 Å². The van der Waals surface area contributed by atoms with Crippen molar-refractivity contribution >= 4 is 57.5 Å². The number of thioether (sulfide) groups is 1. The minimum absolute atomic E-state index is 0.0896. The van der Waals surface area contributed by atoms with Crippen molar-refractivity contribution in [1.29, 1.82) is 0 Å². The van der Waals surface area contributed by atoms with Crippen LogP contribution in [0.3, 0.4) is 0 Å². The third-order valence-corrected chi connectivity index (χ3v) is 6.84. The number of hydrogen-bond donors (Lipinski definition) is 0. The van der Waals surface area contributed by atoms with E-state index in [2.05, 4.69) is 4.98 Å². The van der Waals surface area contributed by atoms with Crippen LogP contribution in [0.25, 0.3) is 10.9 Å². The lowest BCUT2D eigenvalue weighted by Gasteiger charge is -2.18. The monoisotopic (exact) mass is 493 g/mol. The quantitative estimate of drug-likeness (QED) is 0.264. The molecule has 0 unspecified atom stereocenters. The van der Waals surface area contributed by atoms with Gasteiger partial charge in [0, 0.05) is 18.5 Å². The highest BCUT2D eigenvalue weighted by Gasteiger charge is 2.18. The highest BCUT2D eigenvalue weighted by atomic mass is 35.5. The van der Waals surface area contributed by atoms with E-state index in [9.17, 15) is 14.4 Å². The second-order valence-electron chi connectivity index (χ2n) is 7.67. The number of esters is 1. The van der Waals surface area contributed by atoms with E-state index in [4.69, 9.17) is 16.3 Å². The third-order valence-electron chi connectivity index (χ3n) is 4.66. The largest absolute Gasteiger partial charge is 0.465 e. The Kier molecular flexibility index (Phi) is 7.97. The maximum atomic E-state index is 13.1. The van der Waals surface area contributed by atoms with E-state index in [0.29, 0.717) is 39.0 Å². The lowest BCUT2D eigenvalue weighted by molar-refractivity contribution is -0.127. The predicted octanol–water partition coefficient (Wildman–Crippen LogP) is 4.30. The molecular formula is C22H24ClN3O4S2. The van der Waals surface area contributed by atoms with E-state index in [-0.39, 0.29) is 23.1 Å². The van der Waals surface area contributed by atoms with Gasteiger partial charge in [0.15, 0.2) is 5.16 Å². The molecule has 7 nitrogen and oxygen atoms in total. The number of ether oxygens (including phenoxy) is 1. The van der Waals surface area contributed by atoms with Crippen LogP contribution in [0.15, 0.2) is 40.3 Å². The molecule has 0 saturated heterocycles. The van der Waals surface area contributed by atoms with Gasteiger partial charge in [0.05, 0.1) is 40.2 Å². The summed E-state index contributed by atoms with van der Waals surface area (Å²) in [4.78, 5) is 45.0. The number of thiophene rings is 1. The number of nitrogens with zero attached hydrogens (tertiary/aromatic N) is 3. The molecule has 1 aromatic carbocycles. The van der Waals surface area contributed by atoms with Gasteiger partial charge in [-0.1, -0.05) is 37.2 Å². The molecule has 0 radical (unpaired) electrons. The summed E-state index contributed by atoms with van der Waals surface area (Å²) in [5.74, 6) is -0.252. The minimum Gasteiger partial charge on any atom is -0.465 e. The average Bonchev–Trinajstić information content (AvgIpc) is 3.17. The molecular weight excluding hydrogens is 470 g/mol. The Morgan fingerprint density at radius 2 is 2.03 bits per heavy atom. The van der Waals surface area contributed by atoms with Gasteiger partial charge in [-0.2, -0.15) is 0 Å². The molecule has 2 aromatic heterocycles. The maximum absolute atomic E-state index is 13.1. The smallest absolute Gasteiger partial charge is 0.337 e. The summed E-state index contributed by atoms with van der Waals surface area (Å²) in [6, 6.07) is 8.39. The molecule has 0 bridgehead atoms. The number of carbonyl (C=O) groups excluding carboxylic acids is 2. The van der Waals surface area contributed by atoms with E-state index in [1.165, 1.54) is 30.2 Å². The van der Waals surface area contributed by atoms with Crippen molar-refractivity contribution in [2.45, 2.75) is 32.1 Å². The van der Waals surface area contributed by atoms with Crippen molar-refractivity contribution < 1.29 is 14.3 Å². The fraction of sp³-hybridized carbons (Fsp3) is 0.364. The summed E-state index contributed by atoms with van der Waals surface area (Å²) in [5, 5.41) is 0.861. The third kappa shape index (κ3) is 5.70. The molecule has 3 rings (SSSR count). The highest BCUT2D eigenvalue weighted by Crippen LogP contribution is 2.24. The number of hydrogen-bond acceptors (Lipinski definition) is 7. The molecule has 1 amide bonds. The second kappa shape index (κ2) is 10.5. The molecule has 0 saturated carbocycles. The Hall–Kier alpha value is -2.36. The van der Waals surface area contributed by atoms with Gasteiger partial charge in [-0.05, 0) is 36.2 Å². The molecule has 0 spiro atoms. The summed E-state index contributed by atoms with van der Waals surface area (Å²) in [5.41, 5.74) is 0.515. The highest BCUT2D eigenvalue weighted by molar-refractivity contribution is 7.99. The molecule has 0 aliphatic heterocycles. The van der Waals surface area contributed by atoms with Gasteiger partial charge in [0.25, 0.3) is 5.56 Å². The van der Waals surface area contributed by atoms with Crippen molar-refractivity contribution in [2.24, 2.45) is 5.92 Å². The van der Waals surface area contributed by atoms with Gasteiger partial charge in [-0.3, -0.25) is 14.2 Å². The van der Waals surface area contributed by atoms with Crippen molar-refractivity contribution in [3.8, 4) is 0 Å². The zero-order valence-electron chi connectivity index (χ0n) is 18.3. The summed E-state index contributed by atoms with van der Waals surface area (Å²) >= 11 is 8.61. The van der Waals surface area contributed by atoms with Gasteiger partial charge in [-0.25, -0.2) is 9.78 Å². The Morgan fingerprint density at radius 3 is 2.66 bits per heavy atom. The van der Waals surface area contributed by atoms with Gasteiger partial charge in [-0.15, -0.1) is 11.3 Å². The lowest BCUT2D eigenvalue weighted by Crippen LogP contribution is -2.29. The molecule has 0 aliphatic rings. The molecule has 0 fully saturated rings. The molecule has 170 valence electrons. The predicted molar refractivity (Wildman–Crippen MR) is 129 cm³/mol. The van der Waals surface area contributed by atoms with Gasteiger partial charge in [0.2, 0.25) is 5.91 Å². The standard InChI is InChI=1S/C22H24ClN3O4S2/c1-13(2)10-26-20(28)16-7-5-14(21(29)30-4)9-17(16)24-22(26)31-12-19(27)25(3)11-15-6-8-18(23)32-15/h5-9,13H,10-12H2,1-4H3. The van der Waals surface area contributed by atoms with E-state index < -0.39 is 5.97 Å². The lowest BCUT2D eigenvalue weighted by atomic mass is 10.1. The number of amides is 1. The van der Waals surface area contributed by atoms with Gasteiger partial charge >= 0.3 is 5.97 Å². The Morgan fingerprint density at radius 1 is 1.28 bits per heavy atom. The van der Waals surface area contributed by atoms with Gasteiger partial charge < -0.3 is 9.64 Å². The topological polar surface area (TPSA) is 81.5 Å². The minimum atomic E-state index is -0.500. The normalized spacial score (nSPS) is 11.2. The Bertz CT molecular complexity index is 1210. The molecule has 0 aliphatic carbocycles. The summed E-state index contributed by atoms with van der Waals surface area (Å²) < 4.78 is 7.04. The molecule has 0 atom stereocenters. The van der Waals surface area contributed by atoms with Crippen LogP contribution in [0.2, 0.25) is 4.34 Å². The van der Waals surface area contributed by atoms with Crippen LogP contribution in [0.1, 0.15) is 29.1 Å². The summed E-state index contributed by atoms with van der Waals surface area (Å²) in [7, 11) is 3.03. The van der Waals surface area contributed by atoms with Crippen molar-refractivity contribution in [3.05, 3.63) is 55.5 Å². The first kappa shape index (κ1) is 24.3. The van der Waals surface area contributed by atoms with Crippen LogP contribution in [-0.4, -0.2) is 46.2 Å². The summed E-state index contributed by atoms with van der Waals surface area (Å²) in [6.45, 7) is 4.96. The van der Waals surface area contributed by atoms with Crippen molar-refractivity contribution in [1.82, 2.24) is 14.5 Å². The van der Waals surface area contributed by atoms with Crippen molar-refractivity contribution in [2.75, 3.05) is 19.9 Å². The Labute approximate surface area is 199 Å². The van der Waals surface area contributed by atoms with Crippen LogP contribution in [0, 0.1) is 5.92 Å². The molecule has 2 heterocycles. The van der Waals surface area contributed by atoms with Crippen LogP contribution in [0.5, 0.6) is 0 Å². The number of carbonyl (C=O) groups is 2. The van der Waals surface area contributed by atoms with Crippen LogP contribution < -0.4 is 5.56 Å². The summed E-state index contributed by atoms with van der Waals surface area (Å²) in [6.07, 6.45) is 0. The number of halogens is 1. The Balaban J connectivity index is 1.87. The van der Waals surface area contributed by atoms with E-state index in [1.807, 2.05) is 19.9 Å². The molecule has 32 heavy (non-hydrogen) atoms. The first-order chi connectivity index (χ1) is 15.2. The van der Waals surface area contributed by atoms with Crippen molar-refractivity contribution in [3.63, 3.8) is 0 Å². The zero-order chi connectivity index (χ0) is 23.4. The first-order valence-corrected chi connectivity index (χ1v) is 12.1. The van der Waals surface area contributed by atoms with Crippen LogP contribution in [0.4, 0.5) is 0 Å². The first-order valence-electron chi connectivity index (χ1n) is 9.93. The average molecular weight is 494 g/mol. The van der Waals surface area contributed by atoms with E-state index in [0.717, 1.165) is 4.88 Å². The second-order valence-corrected chi connectivity index (χ2v) is 10.4. The maximum Gasteiger partial charge on any atom is 0.337 e. The van der Waals surface area contributed by atoms with Crippen LogP contribution in [-0.2, 0) is 22.6 Å². The number of methoxy groups -OCH3 is 1. The molecule has 10 heteroatoms. The van der Waals surface area contributed by atoms with E-state index in [1.54, 1.807) is 40.8 Å².